The number of halogens is 2. The minimum Gasteiger partial charge on any atom is -0.265 e. The lowest BCUT2D eigenvalue weighted by Gasteiger charge is -2.07. The second-order valence-electron chi connectivity index (χ2n) is 4.40. The van der Waals surface area contributed by atoms with Crippen molar-refractivity contribution in [3.05, 3.63) is 50.2 Å². The molecule has 0 aliphatic rings. The van der Waals surface area contributed by atoms with Gasteiger partial charge in [-0.15, -0.1) is 0 Å². The minimum absolute atomic E-state index is 0.721. The number of benzene rings is 1. The van der Waals surface area contributed by atoms with E-state index in [1.54, 1.807) is 0 Å². The minimum atomic E-state index is 0.721. The quantitative estimate of drug-likeness (QED) is 0.810. The Labute approximate surface area is 121 Å². The number of hydrogen-bond donors (Lipinski definition) is 0. The van der Waals surface area contributed by atoms with Gasteiger partial charge in [-0.2, -0.15) is 5.10 Å². The Morgan fingerprint density at radius 2 is 2.06 bits per heavy atom. The zero-order valence-corrected chi connectivity index (χ0v) is 13.1. The average molecular weight is 328 g/mol. The third kappa shape index (κ3) is 2.62. The lowest BCUT2D eigenvalue weighted by atomic mass is 10.1. The Hall–Kier alpha value is -0.800. The van der Waals surface area contributed by atoms with E-state index in [0.29, 0.717) is 0 Å². The van der Waals surface area contributed by atoms with Gasteiger partial charge in [-0.05, 0) is 43.5 Å². The Morgan fingerprint density at radius 1 is 1.33 bits per heavy atom. The fourth-order valence-corrected chi connectivity index (χ4v) is 2.94. The summed E-state index contributed by atoms with van der Waals surface area (Å²) in [5, 5.41) is 5.36. The molecule has 96 valence electrons. The van der Waals surface area contributed by atoms with E-state index in [2.05, 4.69) is 41.8 Å². The van der Waals surface area contributed by atoms with Crippen LogP contribution in [0.4, 0.5) is 0 Å². The zero-order chi connectivity index (χ0) is 13.3. The third-order valence-electron chi connectivity index (χ3n) is 3.22. The fourth-order valence-electron chi connectivity index (χ4n) is 2.21. The molecule has 0 fully saturated rings. The van der Waals surface area contributed by atoms with Crippen LogP contribution in [0.5, 0.6) is 0 Å². The van der Waals surface area contributed by atoms with Crippen LogP contribution < -0.4 is 0 Å². The van der Waals surface area contributed by atoms with Crippen LogP contribution in [-0.4, -0.2) is 9.78 Å². The summed E-state index contributed by atoms with van der Waals surface area (Å²) in [5.74, 6) is 0. The van der Waals surface area contributed by atoms with Crippen LogP contribution in [0.25, 0.3) is 0 Å². The number of aromatic nitrogens is 2. The van der Waals surface area contributed by atoms with Crippen LogP contribution in [0.2, 0.25) is 5.02 Å². The van der Waals surface area contributed by atoms with Crippen LogP contribution in [0.3, 0.4) is 0 Å². The second-order valence-corrected chi connectivity index (χ2v) is 5.72. The van der Waals surface area contributed by atoms with Crippen molar-refractivity contribution in [2.24, 2.45) is 0 Å². The van der Waals surface area contributed by atoms with Crippen LogP contribution in [0.1, 0.15) is 29.4 Å². The SMILES string of the molecule is CCc1c(C)nn(Cc2ccc(Br)cc2Cl)c1C. The molecule has 0 radical (unpaired) electrons. The molecule has 1 aromatic carbocycles. The normalized spacial score (nSPS) is 10.9. The largest absolute Gasteiger partial charge is 0.265 e. The summed E-state index contributed by atoms with van der Waals surface area (Å²) < 4.78 is 3.03. The Kier molecular flexibility index (Phi) is 4.13. The molecule has 0 bridgehead atoms. The monoisotopic (exact) mass is 326 g/mol. The summed E-state index contributed by atoms with van der Waals surface area (Å²) in [6.07, 6.45) is 1.02. The summed E-state index contributed by atoms with van der Waals surface area (Å²) in [7, 11) is 0. The summed E-state index contributed by atoms with van der Waals surface area (Å²) >= 11 is 9.66. The first-order valence-corrected chi connectivity index (χ1v) is 7.16. The van der Waals surface area contributed by atoms with E-state index in [1.807, 2.05) is 22.9 Å². The molecule has 0 N–H and O–H groups in total. The highest BCUT2D eigenvalue weighted by molar-refractivity contribution is 9.10. The number of aryl methyl sites for hydroxylation is 1. The van der Waals surface area contributed by atoms with Crippen molar-refractivity contribution >= 4 is 27.5 Å². The maximum absolute atomic E-state index is 6.24. The number of hydrogen-bond acceptors (Lipinski definition) is 1. The highest BCUT2D eigenvalue weighted by Crippen LogP contribution is 2.23. The van der Waals surface area contributed by atoms with E-state index >= 15 is 0 Å². The Bertz CT molecular complexity index is 575. The second kappa shape index (κ2) is 5.45. The Morgan fingerprint density at radius 3 is 2.61 bits per heavy atom. The molecular weight excluding hydrogens is 312 g/mol. The van der Waals surface area contributed by atoms with Crippen LogP contribution >= 0.6 is 27.5 Å². The van der Waals surface area contributed by atoms with Crippen LogP contribution in [0, 0.1) is 13.8 Å². The maximum atomic E-state index is 6.24. The van der Waals surface area contributed by atoms with E-state index in [1.165, 1.54) is 11.3 Å². The van der Waals surface area contributed by atoms with Gasteiger partial charge in [-0.3, -0.25) is 4.68 Å². The standard InChI is InChI=1S/C14H16BrClN2/c1-4-13-9(2)17-18(10(13)3)8-11-5-6-12(15)7-14(11)16/h5-7H,4,8H2,1-3H3. The maximum Gasteiger partial charge on any atom is 0.0677 e. The average Bonchev–Trinajstić information content (AvgIpc) is 2.58. The van der Waals surface area contributed by atoms with Crippen LogP contribution in [0.15, 0.2) is 22.7 Å². The van der Waals surface area contributed by atoms with Crippen LogP contribution in [-0.2, 0) is 13.0 Å². The van der Waals surface area contributed by atoms with Gasteiger partial charge in [0.05, 0.1) is 12.2 Å². The third-order valence-corrected chi connectivity index (χ3v) is 4.07. The molecule has 4 heteroatoms. The fraction of sp³-hybridized carbons (Fsp3) is 0.357. The molecule has 0 amide bonds. The molecule has 0 aliphatic carbocycles. The van der Waals surface area contributed by atoms with Crippen molar-refractivity contribution in [2.45, 2.75) is 33.7 Å². The summed E-state index contributed by atoms with van der Waals surface area (Å²) in [5.41, 5.74) is 4.77. The van der Waals surface area contributed by atoms with Gasteiger partial charge in [0.1, 0.15) is 0 Å². The molecule has 2 rings (SSSR count). The van der Waals surface area contributed by atoms with E-state index in [0.717, 1.165) is 33.7 Å². The molecule has 0 aliphatic heterocycles. The van der Waals surface area contributed by atoms with Crippen molar-refractivity contribution < 1.29 is 0 Å². The summed E-state index contributed by atoms with van der Waals surface area (Å²) in [4.78, 5) is 0. The van der Waals surface area contributed by atoms with E-state index in [-0.39, 0.29) is 0 Å². The molecule has 0 saturated carbocycles. The van der Waals surface area contributed by atoms with Gasteiger partial charge in [0.25, 0.3) is 0 Å². The smallest absolute Gasteiger partial charge is 0.0677 e. The number of nitrogens with zero attached hydrogens (tertiary/aromatic N) is 2. The molecule has 1 aromatic heterocycles. The van der Waals surface area contributed by atoms with Crippen molar-refractivity contribution in [3.63, 3.8) is 0 Å². The van der Waals surface area contributed by atoms with Gasteiger partial charge in [-0.1, -0.05) is 40.5 Å². The van der Waals surface area contributed by atoms with E-state index in [4.69, 9.17) is 11.6 Å². The van der Waals surface area contributed by atoms with Gasteiger partial charge < -0.3 is 0 Å². The van der Waals surface area contributed by atoms with E-state index in [9.17, 15) is 0 Å². The predicted molar refractivity (Wildman–Crippen MR) is 79.3 cm³/mol. The molecule has 0 saturated heterocycles. The lowest BCUT2D eigenvalue weighted by molar-refractivity contribution is 0.658. The highest BCUT2D eigenvalue weighted by atomic mass is 79.9. The molecule has 18 heavy (non-hydrogen) atoms. The first-order valence-electron chi connectivity index (χ1n) is 5.99. The van der Waals surface area contributed by atoms with Gasteiger partial charge in [-0.25, -0.2) is 0 Å². The van der Waals surface area contributed by atoms with Gasteiger partial charge in [0.2, 0.25) is 0 Å². The van der Waals surface area contributed by atoms with Gasteiger partial charge >= 0.3 is 0 Å². The summed E-state index contributed by atoms with van der Waals surface area (Å²) in [6.45, 7) is 7.06. The first-order chi connectivity index (χ1) is 8.52. The Balaban J connectivity index is 2.34. The predicted octanol–water partition coefficient (Wildman–Crippen LogP) is 4.53. The molecule has 1 heterocycles. The van der Waals surface area contributed by atoms with Gasteiger partial charge in [0.15, 0.2) is 0 Å². The zero-order valence-electron chi connectivity index (χ0n) is 10.8. The van der Waals surface area contributed by atoms with Crippen molar-refractivity contribution in [3.8, 4) is 0 Å². The molecule has 0 spiro atoms. The molecular formula is C14H16BrClN2. The topological polar surface area (TPSA) is 17.8 Å². The first kappa shape index (κ1) is 13.6. The highest BCUT2D eigenvalue weighted by Gasteiger charge is 2.11. The lowest BCUT2D eigenvalue weighted by Crippen LogP contribution is -2.04. The number of rotatable bonds is 3. The van der Waals surface area contributed by atoms with Gasteiger partial charge in [0, 0.05) is 15.2 Å². The molecule has 2 nitrogen and oxygen atoms in total. The van der Waals surface area contributed by atoms with Crippen molar-refractivity contribution in [1.82, 2.24) is 9.78 Å². The molecule has 0 unspecified atom stereocenters. The summed E-state index contributed by atoms with van der Waals surface area (Å²) in [6, 6.07) is 5.96. The van der Waals surface area contributed by atoms with E-state index < -0.39 is 0 Å². The van der Waals surface area contributed by atoms with Crippen molar-refractivity contribution in [1.29, 1.82) is 0 Å². The molecule has 2 aromatic rings. The molecule has 0 atom stereocenters. The van der Waals surface area contributed by atoms with Crippen molar-refractivity contribution in [2.75, 3.05) is 0 Å².